The smallest absolute Gasteiger partial charge is 0.314 e. The number of nitrogens with one attached hydrogen (secondary N) is 2. The second kappa shape index (κ2) is 8.87. The highest BCUT2D eigenvalue weighted by atomic mass is 19.2. The molecule has 2 amide bonds. The average molecular weight is 380 g/mol. The van der Waals surface area contributed by atoms with Gasteiger partial charge >= 0.3 is 6.03 Å². The third kappa shape index (κ3) is 5.31. The molecule has 0 bridgehead atoms. The first-order valence-electron chi connectivity index (χ1n) is 9.88. The Bertz CT molecular complexity index is 655. The average Bonchev–Trinajstić information content (AvgIpc) is 3.30. The molecule has 2 N–H and O–H groups in total. The number of hydrogen-bond donors (Lipinski definition) is 2. The van der Waals surface area contributed by atoms with Crippen molar-refractivity contribution in [1.82, 2.24) is 15.5 Å². The van der Waals surface area contributed by atoms with Crippen molar-refractivity contribution < 1.29 is 13.6 Å². The van der Waals surface area contributed by atoms with Crippen LogP contribution in [0.1, 0.15) is 26.7 Å². The first kappa shape index (κ1) is 19.9. The van der Waals surface area contributed by atoms with E-state index in [1.165, 1.54) is 6.07 Å². The summed E-state index contributed by atoms with van der Waals surface area (Å²) in [5.41, 5.74) is 0.691. The second-order valence-electron chi connectivity index (χ2n) is 8.03. The quantitative estimate of drug-likeness (QED) is 0.798. The summed E-state index contributed by atoms with van der Waals surface area (Å²) in [5, 5.41) is 5.93. The van der Waals surface area contributed by atoms with E-state index < -0.39 is 11.6 Å². The normalized spacial score (nSPS) is 23.2. The molecule has 1 aromatic rings. The zero-order valence-electron chi connectivity index (χ0n) is 16.2. The van der Waals surface area contributed by atoms with E-state index in [-0.39, 0.29) is 6.03 Å². The number of urea groups is 1. The Labute approximate surface area is 160 Å². The molecule has 27 heavy (non-hydrogen) atoms. The number of nitrogens with zero attached hydrogens (tertiary/aromatic N) is 2. The summed E-state index contributed by atoms with van der Waals surface area (Å²) in [7, 11) is 0. The van der Waals surface area contributed by atoms with Gasteiger partial charge in [0.1, 0.15) is 0 Å². The van der Waals surface area contributed by atoms with Crippen molar-refractivity contribution in [1.29, 1.82) is 0 Å². The summed E-state index contributed by atoms with van der Waals surface area (Å²) >= 11 is 0. The summed E-state index contributed by atoms with van der Waals surface area (Å²) in [6.45, 7) is 9.37. The van der Waals surface area contributed by atoms with Crippen molar-refractivity contribution in [2.75, 3.05) is 44.2 Å². The maximum Gasteiger partial charge on any atom is 0.314 e. The Morgan fingerprint density at radius 2 is 1.74 bits per heavy atom. The maximum atomic E-state index is 13.4. The summed E-state index contributed by atoms with van der Waals surface area (Å²) < 4.78 is 26.5. The SMILES string of the molecule is CC(C)N1CC[C@@H](CNC(=O)NC[C@H]2CCN(c3ccc(F)c(F)c3)C2)C1. The van der Waals surface area contributed by atoms with E-state index in [0.29, 0.717) is 36.7 Å². The molecule has 2 aliphatic rings. The van der Waals surface area contributed by atoms with Crippen molar-refractivity contribution >= 4 is 11.7 Å². The topological polar surface area (TPSA) is 47.6 Å². The number of anilines is 1. The van der Waals surface area contributed by atoms with Gasteiger partial charge in [-0.1, -0.05) is 0 Å². The Morgan fingerprint density at radius 3 is 2.37 bits per heavy atom. The fourth-order valence-electron chi connectivity index (χ4n) is 3.95. The van der Waals surface area contributed by atoms with E-state index in [1.807, 2.05) is 4.90 Å². The lowest BCUT2D eigenvalue weighted by Crippen LogP contribution is -2.41. The van der Waals surface area contributed by atoms with Crippen LogP contribution in [0.5, 0.6) is 0 Å². The minimum atomic E-state index is -0.827. The third-order valence-corrected chi connectivity index (χ3v) is 5.70. The fourth-order valence-corrected chi connectivity index (χ4v) is 3.95. The van der Waals surface area contributed by atoms with Crippen LogP contribution in [0.2, 0.25) is 0 Å². The van der Waals surface area contributed by atoms with Gasteiger partial charge in [-0.2, -0.15) is 0 Å². The summed E-state index contributed by atoms with van der Waals surface area (Å²) in [5.74, 6) is -0.816. The van der Waals surface area contributed by atoms with Crippen LogP contribution in [-0.4, -0.2) is 56.2 Å². The molecule has 5 nitrogen and oxygen atoms in total. The Kier molecular flexibility index (Phi) is 6.52. The van der Waals surface area contributed by atoms with Crippen LogP contribution >= 0.6 is 0 Å². The number of amides is 2. The monoisotopic (exact) mass is 380 g/mol. The number of hydrogen-bond acceptors (Lipinski definition) is 3. The highest BCUT2D eigenvalue weighted by molar-refractivity contribution is 5.73. The molecule has 0 radical (unpaired) electrons. The molecule has 2 aliphatic heterocycles. The number of carbonyl (C=O) groups is 1. The van der Waals surface area contributed by atoms with Crippen LogP contribution in [0.25, 0.3) is 0 Å². The molecule has 0 aromatic heterocycles. The minimum absolute atomic E-state index is 0.121. The standard InChI is InChI=1S/C20H30F2N4O/c1-14(2)25-7-5-15(12-25)10-23-20(27)24-11-16-6-8-26(13-16)17-3-4-18(21)19(22)9-17/h3-4,9,14-16H,5-8,10-13H2,1-2H3,(H2,23,24,27)/t15-,16+/m0/s1. The van der Waals surface area contributed by atoms with E-state index in [4.69, 9.17) is 0 Å². The van der Waals surface area contributed by atoms with Crippen LogP contribution in [0.4, 0.5) is 19.3 Å². The van der Waals surface area contributed by atoms with Crippen molar-refractivity contribution in [2.24, 2.45) is 11.8 Å². The van der Waals surface area contributed by atoms with Gasteiger partial charge in [-0.25, -0.2) is 13.6 Å². The molecule has 0 aliphatic carbocycles. The zero-order chi connectivity index (χ0) is 19.4. The van der Waals surface area contributed by atoms with Crippen molar-refractivity contribution in [3.05, 3.63) is 29.8 Å². The number of halogens is 2. The molecule has 2 heterocycles. The van der Waals surface area contributed by atoms with E-state index in [2.05, 4.69) is 29.4 Å². The molecule has 2 atom stereocenters. The molecule has 150 valence electrons. The highest BCUT2D eigenvalue weighted by Crippen LogP contribution is 2.25. The number of rotatable bonds is 6. The van der Waals surface area contributed by atoms with Crippen molar-refractivity contribution in [3.8, 4) is 0 Å². The van der Waals surface area contributed by atoms with Gasteiger partial charge in [0.2, 0.25) is 0 Å². The van der Waals surface area contributed by atoms with Crippen LogP contribution in [0, 0.1) is 23.5 Å². The van der Waals surface area contributed by atoms with Crippen LogP contribution in [-0.2, 0) is 0 Å². The number of carbonyl (C=O) groups excluding carboxylic acids is 1. The lowest BCUT2D eigenvalue weighted by molar-refractivity contribution is 0.235. The van der Waals surface area contributed by atoms with E-state index >= 15 is 0 Å². The molecule has 7 heteroatoms. The van der Waals surface area contributed by atoms with E-state index in [1.54, 1.807) is 6.07 Å². The van der Waals surface area contributed by atoms with Crippen LogP contribution in [0.3, 0.4) is 0 Å². The van der Waals surface area contributed by atoms with Gasteiger partial charge in [-0.05, 0) is 57.2 Å². The van der Waals surface area contributed by atoms with E-state index in [9.17, 15) is 13.6 Å². The molecular formula is C20H30F2N4O. The zero-order valence-corrected chi connectivity index (χ0v) is 16.2. The molecule has 2 fully saturated rings. The van der Waals surface area contributed by atoms with Crippen LogP contribution in [0.15, 0.2) is 18.2 Å². The Hall–Kier alpha value is -1.89. The van der Waals surface area contributed by atoms with Crippen molar-refractivity contribution in [2.45, 2.75) is 32.7 Å². The molecule has 0 spiro atoms. The van der Waals surface area contributed by atoms with Gasteiger partial charge in [-0.3, -0.25) is 0 Å². The Morgan fingerprint density at radius 1 is 1.07 bits per heavy atom. The number of likely N-dealkylation sites (tertiary alicyclic amines) is 1. The fraction of sp³-hybridized carbons (Fsp3) is 0.650. The van der Waals surface area contributed by atoms with Crippen LogP contribution < -0.4 is 15.5 Å². The molecule has 1 aromatic carbocycles. The highest BCUT2D eigenvalue weighted by Gasteiger charge is 2.26. The van der Waals surface area contributed by atoms with Gasteiger partial charge < -0.3 is 20.4 Å². The first-order valence-corrected chi connectivity index (χ1v) is 9.88. The molecule has 2 saturated heterocycles. The lowest BCUT2D eigenvalue weighted by Gasteiger charge is -2.20. The van der Waals surface area contributed by atoms with E-state index in [0.717, 1.165) is 45.1 Å². The van der Waals surface area contributed by atoms with Gasteiger partial charge in [0.25, 0.3) is 0 Å². The maximum absolute atomic E-state index is 13.4. The molecule has 0 saturated carbocycles. The summed E-state index contributed by atoms with van der Waals surface area (Å²) in [6.07, 6.45) is 2.05. The predicted molar refractivity (Wildman–Crippen MR) is 103 cm³/mol. The Balaban J connectivity index is 1.35. The van der Waals surface area contributed by atoms with Crippen molar-refractivity contribution in [3.63, 3.8) is 0 Å². The number of benzene rings is 1. The third-order valence-electron chi connectivity index (χ3n) is 5.70. The van der Waals surface area contributed by atoms with Gasteiger partial charge in [0.15, 0.2) is 11.6 Å². The lowest BCUT2D eigenvalue weighted by atomic mass is 10.1. The van der Waals surface area contributed by atoms with Gasteiger partial charge in [-0.15, -0.1) is 0 Å². The first-order chi connectivity index (χ1) is 12.9. The summed E-state index contributed by atoms with van der Waals surface area (Å²) in [6, 6.07) is 4.43. The predicted octanol–water partition coefficient (Wildman–Crippen LogP) is 2.82. The van der Waals surface area contributed by atoms with Gasteiger partial charge in [0, 0.05) is 50.5 Å². The molecular weight excluding hydrogens is 350 g/mol. The largest absolute Gasteiger partial charge is 0.371 e. The minimum Gasteiger partial charge on any atom is -0.371 e. The second-order valence-corrected chi connectivity index (χ2v) is 8.03. The van der Waals surface area contributed by atoms with Gasteiger partial charge in [0.05, 0.1) is 0 Å². The summed E-state index contributed by atoms with van der Waals surface area (Å²) in [4.78, 5) is 16.5. The molecule has 0 unspecified atom stereocenters. The molecule has 3 rings (SSSR count).